The minimum Gasteiger partial charge on any atom is -0.359 e. The van der Waals surface area contributed by atoms with Gasteiger partial charge in [-0.05, 0) is 31.2 Å². The molecular formula is C17H14ClN3O. The lowest BCUT2D eigenvalue weighted by Crippen LogP contribution is -2.14. The van der Waals surface area contributed by atoms with Crippen molar-refractivity contribution in [1.29, 1.82) is 5.26 Å². The standard InChI is InChI=1S/C17H14ClN3O/c1-12-6-8-14(9-7-12)21-17(22)13(10-19)11-20-16-5-3-2-4-15(16)18/h2-9,11,20H,1H3,(H,21,22)/b13-11-. The van der Waals surface area contributed by atoms with Gasteiger partial charge >= 0.3 is 0 Å². The normalized spacial score (nSPS) is 10.7. The Bertz CT molecular complexity index is 745. The van der Waals surface area contributed by atoms with E-state index in [0.29, 0.717) is 16.4 Å². The second-order valence-corrected chi connectivity index (χ2v) is 5.02. The molecule has 2 N–H and O–H groups in total. The topological polar surface area (TPSA) is 64.9 Å². The lowest BCUT2D eigenvalue weighted by molar-refractivity contribution is -0.112. The van der Waals surface area contributed by atoms with E-state index in [1.165, 1.54) is 6.20 Å². The number of carbonyl (C=O) groups excluding carboxylic acids is 1. The van der Waals surface area contributed by atoms with E-state index < -0.39 is 5.91 Å². The molecule has 5 heteroatoms. The highest BCUT2D eigenvalue weighted by atomic mass is 35.5. The molecule has 0 radical (unpaired) electrons. The number of benzene rings is 2. The summed E-state index contributed by atoms with van der Waals surface area (Å²) >= 11 is 6.00. The fourth-order valence-corrected chi connectivity index (χ4v) is 1.90. The minimum absolute atomic E-state index is 0.0412. The number of nitrogens with one attached hydrogen (secondary N) is 2. The summed E-state index contributed by atoms with van der Waals surface area (Å²) in [5.74, 6) is -0.481. The van der Waals surface area contributed by atoms with Crippen LogP contribution in [0.15, 0.2) is 60.3 Å². The average molecular weight is 312 g/mol. The summed E-state index contributed by atoms with van der Waals surface area (Å²) in [7, 11) is 0. The Hall–Kier alpha value is -2.77. The zero-order valence-corrected chi connectivity index (χ0v) is 12.7. The van der Waals surface area contributed by atoms with E-state index in [9.17, 15) is 4.79 Å². The van der Waals surface area contributed by atoms with Gasteiger partial charge in [-0.3, -0.25) is 4.79 Å². The number of nitrogens with zero attached hydrogens (tertiary/aromatic N) is 1. The number of aryl methyl sites for hydroxylation is 1. The third kappa shape index (κ3) is 4.11. The zero-order valence-electron chi connectivity index (χ0n) is 11.9. The quantitative estimate of drug-likeness (QED) is 0.660. The maximum absolute atomic E-state index is 12.1. The van der Waals surface area contributed by atoms with Crippen LogP contribution in [-0.4, -0.2) is 5.91 Å². The van der Waals surface area contributed by atoms with Gasteiger partial charge in [0.25, 0.3) is 5.91 Å². The molecule has 2 aromatic carbocycles. The van der Waals surface area contributed by atoms with E-state index in [0.717, 1.165) is 5.56 Å². The molecule has 2 rings (SSSR count). The van der Waals surface area contributed by atoms with E-state index in [-0.39, 0.29) is 5.57 Å². The molecule has 0 saturated carbocycles. The zero-order chi connectivity index (χ0) is 15.9. The molecule has 0 atom stereocenters. The number of rotatable bonds is 4. The Morgan fingerprint density at radius 2 is 1.86 bits per heavy atom. The molecule has 0 aliphatic rings. The van der Waals surface area contributed by atoms with E-state index in [2.05, 4.69) is 10.6 Å². The van der Waals surface area contributed by atoms with Gasteiger partial charge < -0.3 is 10.6 Å². The predicted molar refractivity (Wildman–Crippen MR) is 88.6 cm³/mol. The van der Waals surface area contributed by atoms with Crippen molar-refractivity contribution in [3.8, 4) is 6.07 Å². The van der Waals surface area contributed by atoms with E-state index in [1.54, 1.807) is 36.4 Å². The Balaban J connectivity index is 2.09. The molecule has 1 amide bonds. The maximum Gasteiger partial charge on any atom is 0.267 e. The van der Waals surface area contributed by atoms with Gasteiger partial charge in [-0.15, -0.1) is 0 Å². The Labute approximate surface area is 134 Å². The van der Waals surface area contributed by atoms with Crippen molar-refractivity contribution >= 4 is 28.9 Å². The SMILES string of the molecule is Cc1ccc(NC(=O)/C(C#N)=C\Nc2ccccc2Cl)cc1. The molecular weight excluding hydrogens is 298 g/mol. The Morgan fingerprint density at radius 1 is 1.18 bits per heavy atom. The van der Waals surface area contributed by atoms with Gasteiger partial charge in [-0.2, -0.15) is 5.26 Å². The first-order chi connectivity index (χ1) is 10.6. The summed E-state index contributed by atoms with van der Waals surface area (Å²) in [5.41, 5.74) is 2.31. The van der Waals surface area contributed by atoms with Gasteiger partial charge in [0.05, 0.1) is 10.7 Å². The smallest absolute Gasteiger partial charge is 0.267 e. The van der Waals surface area contributed by atoms with Crippen molar-refractivity contribution < 1.29 is 4.79 Å². The highest BCUT2D eigenvalue weighted by Gasteiger charge is 2.09. The lowest BCUT2D eigenvalue weighted by atomic mass is 10.2. The molecule has 4 nitrogen and oxygen atoms in total. The van der Waals surface area contributed by atoms with Gasteiger partial charge in [0.1, 0.15) is 11.6 Å². The number of para-hydroxylation sites is 1. The van der Waals surface area contributed by atoms with Crippen LogP contribution in [0.1, 0.15) is 5.56 Å². The molecule has 22 heavy (non-hydrogen) atoms. The van der Waals surface area contributed by atoms with Crippen molar-refractivity contribution in [1.82, 2.24) is 0 Å². The Kier molecular flexibility index (Phi) is 5.18. The Morgan fingerprint density at radius 3 is 2.50 bits per heavy atom. The number of hydrogen-bond donors (Lipinski definition) is 2. The number of nitriles is 1. The first kappa shape index (κ1) is 15.6. The van der Waals surface area contributed by atoms with Gasteiger partial charge in [-0.1, -0.05) is 41.4 Å². The second kappa shape index (κ2) is 7.30. The van der Waals surface area contributed by atoms with Crippen molar-refractivity contribution in [2.75, 3.05) is 10.6 Å². The van der Waals surface area contributed by atoms with Gasteiger partial charge in [0.15, 0.2) is 0 Å². The maximum atomic E-state index is 12.1. The number of amides is 1. The van der Waals surface area contributed by atoms with Crippen LogP contribution in [0.5, 0.6) is 0 Å². The average Bonchev–Trinajstić information content (AvgIpc) is 2.52. The van der Waals surface area contributed by atoms with Crippen LogP contribution in [0.2, 0.25) is 5.02 Å². The number of hydrogen-bond acceptors (Lipinski definition) is 3. The number of anilines is 2. The van der Waals surface area contributed by atoms with E-state index >= 15 is 0 Å². The second-order valence-electron chi connectivity index (χ2n) is 4.61. The van der Waals surface area contributed by atoms with E-state index in [1.807, 2.05) is 25.1 Å². The molecule has 2 aromatic rings. The monoisotopic (exact) mass is 311 g/mol. The fourth-order valence-electron chi connectivity index (χ4n) is 1.71. The molecule has 0 aliphatic heterocycles. The van der Waals surface area contributed by atoms with Crippen LogP contribution >= 0.6 is 11.6 Å². The third-order valence-electron chi connectivity index (χ3n) is 2.92. The molecule has 0 aliphatic carbocycles. The van der Waals surface area contributed by atoms with E-state index in [4.69, 9.17) is 16.9 Å². The summed E-state index contributed by atoms with van der Waals surface area (Å²) in [6.07, 6.45) is 1.34. The minimum atomic E-state index is -0.481. The molecule has 0 saturated heterocycles. The summed E-state index contributed by atoms with van der Waals surface area (Å²) in [6, 6.07) is 16.3. The largest absolute Gasteiger partial charge is 0.359 e. The van der Waals surface area contributed by atoms with Crippen molar-refractivity contribution in [2.24, 2.45) is 0 Å². The number of halogens is 1. The van der Waals surface area contributed by atoms with Crippen molar-refractivity contribution in [2.45, 2.75) is 6.92 Å². The number of carbonyl (C=O) groups is 1. The molecule has 0 bridgehead atoms. The highest BCUT2D eigenvalue weighted by molar-refractivity contribution is 6.33. The summed E-state index contributed by atoms with van der Waals surface area (Å²) in [5, 5.41) is 15.2. The van der Waals surface area contributed by atoms with Crippen LogP contribution in [0, 0.1) is 18.3 Å². The van der Waals surface area contributed by atoms with Crippen LogP contribution in [-0.2, 0) is 4.79 Å². The predicted octanol–water partition coefficient (Wildman–Crippen LogP) is 4.11. The molecule has 0 unspecified atom stereocenters. The first-order valence-electron chi connectivity index (χ1n) is 6.59. The van der Waals surface area contributed by atoms with Crippen LogP contribution < -0.4 is 10.6 Å². The van der Waals surface area contributed by atoms with Gasteiger partial charge in [0, 0.05) is 11.9 Å². The molecule has 0 aromatic heterocycles. The fraction of sp³-hybridized carbons (Fsp3) is 0.0588. The molecule has 0 fully saturated rings. The van der Waals surface area contributed by atoms with Crippen LogP contribution in [0.4, 0.5) is 11.4 Å². The van der Waals surface area contributed by atoms with Crippen molar-refractivity contribution in [3.05, 3.63) is 70.9 Å². The third-order valence-corrected chi connectivity index (χ3v) is 3.25. The van der Waals surface area contributed by atoms with Crippen molar-refractivity contribution in [3.63, 3.8) is 0 Å². The molecule has 0 heterocycles. The van der Waals surface area contributed by atoms with Crippen LogP contribution in [0.25, 0.3) is 0 Å². The first-order valence-corrected chi connectivity index (χ1v) is 6.97. The van der Waals surface area contributed by atoms with Gasteiger partial charge in [-0.25, -0.2) is 0 Å². The molecule has 0 spiro atoms. The lowest BCUT2D eigenvalue weighted by Gasteiger charge is -2.06. The summed E-state index contributed by atoms with van der Waals surface area (Å²) in [6.45, 7) is 1.96. The van der Waals surface area contributed by atoms with Gasteiger partial charge in [0.2, 0.25) is 0 Å². The highest BCUT2D eigenvalue weighted by Crippen LogP contribution is 2.20. The summed E-state index contributed by atoms with van der Waals surface area (Å²) < 4.78 is 0. The summed E-state index contributed by atoms with van der Waals surface area (Å²) in [4.78, 5) is 12.1. The molecule has 110 valence electrons. The van der Waals surface area contributed by atoms with Crippen LogP contribution in [0.3, 0.4) is 0 Å².